The van der Waals surface area contributed by atoms with Gasteiger partial charge in [0, 0.05) is 10.6 Å². The maximum atomic E-state index is 6.13. The Kier molecular flexibility index (Phi) is 4.15. The van der Waals surface area contributed by atoms with Crippen LogP contribution < -0.4 is 16.0 Å². The average Bonchev–Trinajstić information content (AvgIpc) is 3.30. The summed E-state index contributed by atoms with van der Waals surface area (Å²) in [5.41, 5.74) is 5.33. The molecule has 0 aliphatic heterocycles. The van der Waals surface area contributed by atoms with Gasteiger partial charge in [0.05, 0.1) is 13.2 Å². The molecule has 0 saturated heterocycles. The van der Waals surface area contributed by atoms with Crippen molar-refractivity contribution < 1.29 is 4.74 Å². The van der Waals surface area contributed by atoms with Crippen molar-refractivity contribution in [3.8, 4) is 5.75 Å². The van der Waals surface area contributed by atoms with Crippen molar-refractivity contribution in [3.63, 3.8) is 0 Å². The van der Waals surface area contributed by atoms with E-state index >= 15 is 0 Å². The fraction of sp³-hybridized carbons (Fsp3) is 0.294. The first-order valence-corrected chi connectivity index (χ1v) is 7.47. The Morgan fingerprint density at radius 2 is 2.00 bits per heavy atom. The fourth-order valence-corrected chi connectivity index (χ4v) is 3.24. The Hall–Kier alpha value is -1.55. The standard InChI is InChI=1S/C17H19ClN2O/c1-21-16-8-7-12(18)9-15(16)17(20-19)14-10-13(14)11-5-3-2-4-6-11/h2-9,13-14,17,20H,10,19H2,1H3. The maximum absolute atomic E-state index is 6.13. The third-order valence-corrected chi connectivity index (χ3v) is 4.44. The van der Waals surface area contributed by atoms with Gasteiger partial charge in [-0.15, -0.1) is 0 Å². The van der Waals surface area contributed by atoms with E-state index in [0.29, 0.717) is 16.9 Å². The van der Waals surface area contributed by atoms with Crippen molar-refractivity contribution in [1.82, 2.24) is 5.43 Å². The summed E-state index contributed by atoms with van der Waals surface area (Å²) in [6.07, 6.45) is 1.12. The number of hydrazine groups is 1. The zero-order valence-electron chi connectivity index (χ0n) is 11.9. The molecule has 0 bridgehead atoms. The highest BCUT2D eigenvalue weighted by Gasteiger charge is 2.44. The number of hydrogen-bond donors (Lipinski definition) is 2. The van der Waals surface area contributed by atoms with Gasteiger partial charge in [-0.05, 0) is 42.0 Å². The van der Waals surface area contributed by atoms with Crippen LogP contribution in [0.2, 0.25) is 5.02 Å². The molecule has 3 rings (SSSR count). The lowest BCUT2D eigenvalue weighted by Gasteiger charge is -2.19. The third-order valence-electron chi connectivity index (χ3n) is 4.20. The van der Waals surface area contributed by atoms with Crippen LogP contribution in [0.4, 0.5) is 0 Å². The zero-order valence-corrected chi connectivity index (χ0v) is 12.7. The number of nitrogens with two attached hydrogens (primary N) is 1. The molecule has 3 nitrogen and oxygen atoms in total. The summed E-state index contributed by atoms with van der Waals surface area (Å²) in [6, 6.07) is 16.3. The summed E-state index contributed by atoms with van der Waals surface area (Å²) in [5.74, 6) is 7.63. The normalized spacial score (nSPS) is 21.9. The molecule has 4 heteroatoms. The van der Waals surface area contributed by atoms with Crippen LogP contribution in [0.15, 0.2) is 48.5 Å². The number of benzene rings is 2. The highest BCUT2D eigenvalue weighted by atomic mass is 35.5. The van der Waals surface area contributed by atoms with Gasteiger partial charge in [-0.1, -0.05) is 41.9 Å². The molecule has 1 saturated carbocycles. The van der Waals surface area contributed by atoms with Crippen LogP contribution in [-0.2, 0) is 0 Å². The summed E-state index contributed by atoms with van der Waals surface area (Å²) in [6.45, 7) is 0. The summed E-state index contributed by atoms with van der Waals surface area (Å²) < 4.78 is 5.45. The van der Waals surface area contributed by atoms with E-state index in [1.165, 1.54) is 5.56 Å². The topological polar surface area (TPSA) is 47.3 Å². The number of hydrogen-bond acceptors (Lipinski definition) is 3. The lowest BCUT2D eigenvalue weighted by molar-refractivity contribution is 0.391. The van der Waals surface area contributed by atoms with Crippen LogP contribution in [0.3, 0.4) is 0 Å². The zero-order chi connectivity index (χ0) is 14.8. The Bertz CT molecular complexity index is 617. The van der Waals surface area contributed by atoms with E-state index in [-0.39, 0.29) is 6.04 Å². The van der Waals surface area contributed by atoms with Crippen LogP contribution in [-0.4, -0.2) is 7.11 Å². The summed E-state index contributed by atoms with van der Waals surface area (Å²) in [5, 5.41) is 0.697. The Morgan fingerprint density at radius 3 is 2.67 bits per heavy atom. The molecule has 1 aliphatic rings. The van der Waals surface area contributed by atoms with Gasteiger partial charge in [0.25, 0.3) is 0 Å². The summed E-state index contributed by atoms with van der Waals surface area (Å²) in [7, 11) is 1.67. The molecule has 110 valence electrons. The minimum Gasteiger partial charge on any atom is -0.496 e. The van der Waals surface area contributed by atoms with Crippen molar-refractivity contribution in [2.24, 2.45) is 11.8 Å². The van der Waals surface area contributed by atoms with E-state index in [4.69, 9.17) is 22.2 Å². The average molecular weight is 303 g/mol. The number of nitrogens with one attached hydrogen (secondary N) is 1. The largest absolute Gasteiger partial charge is 0.496 e. The molecule has 3 unspecified atom stereocenters. The molecular formula is C17H19ClN2O. The lowest BCUT2D eigenvalue weighted by Crippen LogP contribution is -2.30. The van der Waals surface area contributed by atoms with E-state index < -0.39 is 0 Å². The quantitative estimate of drug-likeness (QED) is 0.654. The van der Waals surface area contributed by atoms with Crippen molar-refractivity contribution in [3.05, 3.63) is 64.7 Å². The van der Waals surface area contributed by atoms with E-state index in [1.807, 2.05) is 24.3 Å². The predicted molar refractivity (Wildman–Crippen MR) is 85.4 cm³/mol. The molecular weight excluding hydrogens is 284 g/mol. The van der Waals surface area contributed by atoms with E-state index in [1.54, 1.807) is 7.11 Å². The van der Waals surface area contributed by atoms with Crippen LogP contribution in [0.25, 0.3) is 0 Å². The molecule has 1 aliphatic carbocycles. The van der Waals surface area contributed by atoms with Crippen LogP contribution >= 0.6 is 11.6 Å². The molecule has 0 spiro atoms. The monoisotopic (exact) mass is 302 g/mol. The Morgan fingerprint density at radius 1 is 1.24 bits per heavy atom. The van der Waals surface area contributed by atoms with Crippen molar-refractivity contribution in [2.45, 2.75) is 18.4 Å². The van der Waals surface area contributed by atoms with Crippen molar-refractivity contribution in [2.75, 3.05) is 7.11 Å². The first kappa shape index (κ1) is 14.4. The van der Waals surface area contributed by atoms with Gasteiger partial charge in [0.1, 0.15) is 5.75 Å². The van der Waals surface area contributed by atoms with Crippen LogP contribution in [0, 0.1) is 5.92 Å². The summed E-state index contributed by atoms with van der Waals surface area (Å²) >= 11 is 6.13. The lowest BCUT2D eigenvalue weighted by atomic mass is 9.98. The molecule has 21 heavy (non-hydrogen) atoms. The SMILES string of the molecule is COc1ccc(Cl)cc1C(NN)C1CC1c1ccccc1. The Balaban J connectivity index is 1.86. The molecule has 0 aromatic heterocycles. The molecule has 2 aromatic carbocycles. The van der Waals surface area contributed by atoms with Gasteiger partial charge < -0.3 is 4.74 Å². The highest BCUT2D eigenvalue weighted by Crippen LogP contribution is 2.54. The van der Waals surface area contributed by atoms with Gasteiger partial charge in [-0.25, -0.2) is 0 Å². The van der Waals surface area contributed by atoms with E-state index in [0.717, 1.165) is 17.7 Å². The minimum absolute atomic E-state index is 0.0452. The first-order valence-electron chi connectivity index (χ1n) is 7.09. The maximum Gasteiger partial charge on any atom is 0.123 e. The number of halogens is 1. The summed E-state index contributed by atoms with van der Waals surface area (Å²) in [4.78, 5) is 0. The first-order chi connectivity index (χ1) is 10.2. The van der Waals surface area contributed by atoms with Gasteiger partial charge in [-0.3, -0.25) is 11.3 Å². The second kappa shape index (κ2) is 6.06. The molecule has 3 N–H and O–H groups in total. The van der Waals surface area contributed by atoms with Crippen molar-refractivity contribution in [1.29, 1.82) is 0 Å². The van der Waals surface area contributed by atoms with Gasteiger partial charge in [0.2, 0.25) is 0 Å². The van der Waals surface area contributed by atoms with Crippen molar-refractivity contribution >= 4 is 11.6 Å². The van der Waals surface area contributed by atoms with E-state index in [2.05, 4.69) is 29.7 Å². The predicted octanol–water partition coefficient (Wildman–Crippen LogP) is 3.66. The number of methoxy groups -OCH3 is 1. The highest BCUT2D eigenvalue weighted by molar-refractivity contribution is 6.30. The molecule has 0 amide bonds. The van der Waals surface area contributed by atoms with Gasteiger partial charge >= 0.3 is 0 Å². The van der Waals surface area contributed by atoms with Gasteiger partial charge in [-0.2, -0.15) is 0 Å². The second-order valence-electron chi connectivity index (χ2n) is 5.45. The third kappa shape index (κ3) is 2.91. The van der Waals surface area contributed by atoms with Gasteiger partial charge in [0.15, 0.2) is 0 Å². The van der Waals surface area contributed by atoms with Crippen LogP contribution in [0.1, 0.15) is 29.5 Å². The second-order valence-corrected chi connectivity index (χ2v) is 5.88. The molecule has 2 aromatic rings. The number of ether oxygens (including phenoxy) is 1. The molecule has 0 radical (unpaired) electrons. The minimum atomic E-state index is 0.0452. The molecule has 0 heterocycles. The van der Waals surface area contributed by atoms with E-state index in [9.17, 15) is 0 Å². The van der Waals surface area contributed by atoms with Crippen LogP contribution in [0.5, 0.6) is 5.75 Å². The molecule has 1 fully saturated rings. The smallest absolute Gasteiger partial charge is 0.123 e. The Labute approximate surface area is 130 Å². The molecule has 3 atom stereocenters. The number of rotatable bonds is 5. The fourth-order valence-electron chi connectivity index (χ4n) is 3.06.